The lowest BCUT2D eigenvalue weighted by Gasteiger charge is -2.22. The van der Waals surface area contributed by atoms with Crippen LogP contribution in [0.1, 0.15) is 63.3 Å². The van der Waals surface area contributed by atoms with Gasteiger partial charge in [0.2, 0.25) is 0 Å². The first kappa shape index (κ1) is 15.4. The molecule has 2 heterocycles. The number of aromatic nitrogens is 3. The topological polar surface area (TPSA) is 70.4 Å². The van der Waals surface area contributed by atoms with Crippen LogP contribution in [-0.4, -0.2) is 19.5 Å². The van der Waals surface area contributed by atoms with Gasteiger partial charge in [-0.05, 0) is 44.4 Å². The first-order chi connectivity index (χ1) is 11.4. The van der Waals surface area contributed by atoms with Crippen molar-refractivity contribution in [2.24, 2.45) is 0 Å². The Balaban J connectivity index is 2.02. The van der Waals surface area contributed by atoms with E-state index in [-0.39, 0.29) is 5.56 Å². The highest BCUT2D eigenvalue weighted by molar-refractivity contribution is 5.79. The summed E-state index contributed by atoms with van der Waals surface area (Å²) in [5, 5.41) is 10.3. The van der Waals surface area contributed by atoms with Crippen LogP contribution >= 0.6 is 0 Å². The van der Waals surface area contributed by atoms with E-state index in [1.807, 2.05) is 22.6 Å². The Kier molecular flexibility index (Phi) is 3.49. The highest BCUT2D eigenvalue weighted by atomic mass is 16.3. The molecule has 2 N–H and O–H groups in total. The number of imidazole rings is 1. The Bertz CT molecular complexity index is 956. The van der Waals surface area contributed by atoms with Gasteiger partial charge in [-0.15, -0.1) is 0 Å². The zero-order valence-electron chi connectivity index (χ0n) is 14.2. The molecule has 0 unspecified atom stereocenters. The van der Waals surface area contributed by atoms with E-state index >= 15 is 0 Å². The van der Waals surface area contributed by atoms with Crippen LogP contribution in [0.25, 0.3) is 16.6 Å². The van der Waals surface area contributed by atoms with Gasteiger partial charge in [-0.3, -0.25) is 9.20 Å². The fourth-order valence-electron chi connectivity index (χ4n) is 3.82. The number of fused-ring (bicyclic) bond motifs is 3. The molecule has 4 rings (SSSR count). The summed E-state index contributed by atoms with van der Waals surface area (Å²) in [7, 11) is 0. The lowest BCUT2D eigenvalue weighted by atomic mass is 9.88. The number of nitrogens with zero attached hydrogens (tertiary/aromatic N) is 2. The van der Waals surface area contributed by atoms with E-state index in [4.69, 9.17) is 0 Å². The normalized spacial score (nSPS) is 17.0. The van der Waals surface area contributed by atoms with Crippen molar-refractivity contribution in [3.8, 4) is 0 Å². The van der Waals surface area contributed by atoms with Crippen molar-refractivity contribution in [1.82, 2.24) is 14.4 Å². The van der Waals surface area contributed by atoms with Gasteiger partial charge < -0.3 is 10.1 Å². The van der Waals surface area contributed by atoms with E-state index < -0.39 is 5.60 Å². The summed E-state index contributed by atoms with van der Waals surface area (Å²) < 4.78 is 2.00. The summed E-state index contributed by atoms with van der Waals surface area (Å²) in [6.07, 6.45) is 7.64. The molecule has 0 aliphatic heterocycles. The van der Waals surface area contributed by atoms with Crippen LogP contribution in [-0.2, 0) is 5.60 Å². The highest BCUT2D eigenvalue weighted by Gasteiger charge is 2.23. The molecule has 0 saturated heterocycles. The van der Waals surface area contributed by atoms with Crippen LogP contribution in [0.2, 0.25) is 0 Å². The lowest BCUT2D eigenvalue weighted by molar-refractivity contribution is 0.0787. The van der Waals surface area contributed by atoms with E-state index in [2.05, 4.69) is 9.97 Å². The number of hydrogen-bond acceptors (Lipinski definition) is 3. The van der Waals surface area contributed by atoms with Crippen LogP contribution in [0.5, 0.6) is 0 Å². The molecular formula is C19H23N3O2. The molecule has 0 atom stereocenters. The molecule has 5 nitrogen and oxygen atoms in total. The molecule has 1 saturated carbocycles. The first-order valence-electron chi connectivity index (χ1n) is 8.71. The van der Waals surface area contributed by atoms with Crippen molar-refractivity contribution in [2.75, 3.05) is 0 Å². The molecule has 0 radical (unpaired) electrons. The summed E-state index contributed by atoms with van der Waals surface area (Å²) in [6, 6.07) is 5.70. The van der Waals surface area contributed by atoms with Crippen molar-refractivity contribution in [3.63, 3.8) is 0 Å². The monoisotopic (exact) mass is 325 g/mol. The van der Waals surface area contributed by atoms with Gasteiger partial charge in [0, 0.05) is 5.92 Å². The molecule has 0 amide bonds. The van der Waals surface area contributed by atoms with Gasteiger partial charge in [-0.25, -0.2) is 4.98 Å². The van der Waals surface area contributed by atoms with Crippen molar-refractivity contribution in [1.29, 1.82) is 0 Å². The number of rotatable bonds is 2. The average molecular weight is 325 g/mol. The minimum atomic E-state index is -0.928. The first-order valence-corrected chi connectivity index (χ1v) is 8.71. The van der Waals surface area contributed by atoms with Gasteiger partial charge in [0.15, 0.2) is 0 Å². The molecule has 0 bridgehead atoms. The van der Waals surface area contributed by atoms with Crippen LogP contribution in [0.15, 0.2) is 29.2 Å². The summed E-state index contributed by atoms with van der Waals surface area (Å²) >= 11 is 0. The zero-order valence-corrected chi connectivity index (χ0v) is 14.2. The third kappa shape index (κ3) is 2.44. The summed E-state index contributed by atoms with van der Waals surface area (Å²) in [6.45, 7) is 3.54. The van der Waals surface area contributed by atoms with Crippen LogP contribution < -0.4 is 5.56 Å². The molecule has 1 aliphatic rings. The Morgan fingerprint density at radius 3 is 2.67 bits per heavy atom. The Labute approximate surface area is 140 Å². The number of H-pyrrole nitrogens is 1. The second-order valence-electron chi connectivity index (χ2n) is 7.42. The van der Waals surface area contributed by atoms with Gasteiger partial charge in [-0.1, -0.05) is 25.3 Å². The van der Waals surface area contributed by atoms with Gasteiger partial charge in [0.05, 0.1) is 22.8 Å². The number of aromatic amines is 1. The molecule has 1 aromatic carbocycles. The van der Waals surface area contributed by atoms with Gasteiger partial charge in [-0.2, -0.15) is 0 Å². The predicted molar refractivity (Wildman–Crippen MR) is 94.4 cm³/mol. The summed E-state index contributed by atoms with van der Waals surface area (Å²) in [5.41, 5.74) is 2.04. The van der Waals surface area contributed by atoms with Crippen LogP contribution in [0.3, 0.4) is 0 Å². The second kappa shape index (κ2) is 5.45. The number of aliphatic hydroxyl groups is 1. The fraction of sp³-hybridized carbons (Fsp3) is 0.474. The Morgan fingerprint density at radius 2 is 1.96 bits per heavy atom. The minimum Gasteiger partial charge on any atom is -0.386 e. The molecule has 3 aromatic rings. The SMILES string of the molecule is CC(C)(O)c1ccc2[nH]c(=O)c3cnc(C4CCCCC4)n3c2c1. The molecule has 0 spiro atoms. The molecule has 24 heavy (non-hydrogen) atoms. The van der Waals surface area contributed by atoms with Gasteiger partial charge in [0.25, 0.3) is 5.56 Å². The van der Waals surface area contributed by atoms with Crippen molar-refractivity contribution in [3.05, 3.63) is 46.1 Å². The van der Waals surface area contributed by atoms with E-state index in [1.165, 1.54) is 19.3 Å². The van der Waals surface area contributed by atoms with E-state index in [9.17, 15) is 9.90 Å². The van der Waals surface area contributed by atoms with Crippen molar-refractivity contribution < 1.29 is 5.11 Å². The average Bonchev–Trinajstić information content (AvgIpc) is 3.00. The number of hydrogen-bond donors (Lipinski definition) is 2. The molecule has 126 valence electrons. The third-order valence-electron chi connectivity index (χ3n) is 5.19. The van der Waals surface area contributed by atoms with E-state index in [0.29, 0.717) is 11.4 Å². The molecule has 5 heteroatoms. The number of nitrogens with one attached hydrogen (secondary N) is 1. The molecular weight excluding hydrogens is 302 g/mol. The van der Waals surface area contributed by atoms with Gasteiger partial charge >= 0.3 is 0 Å². The van der Waals surface area contributed by atoms with E-state index in [1.54, 1.807) is 20.0 Å². The quantitative estimate of drug-likeness (QED) is 0.758. The van der Waals surface area contributed by atoms with Crippen molar-refractivity contribution >= 4 is 16.6 Å². The van der Waals surface area contributed by atoms with Gasteiger partial charge in [0.1, 0.15) is 11.3 Å². The maximum atomic E-state index is 12.4. The maximum absolute atomic E-state index is 12.4. The standard InChI is InChI=1S/C19H23N3O2/c1-19(2,24)13-8-9-14-15(10-13)22-16(18(23)21-14)11-20-17(22)12-6-4-3-5-7-12/h8-12,24H,3-7H2,1-2H3,(H,21,23). The second-order valence-corrected chi connectivity index (χ2v) is 7.42. The summed E-state index contributed by atoms with van der Waals surface area (Å²) in [4.78, 5) is 19.9. The summed E-state index contributed by atoms with van der Waals surface area (Å²) in [5.74, 6) is 1.38. The zero-order chi connectivity index (χ0) is 16.9. The maximum Gasteiger partial charge on any atom is 0.274 e. The fourth-order valence-corrected chi connectivity index (χ4v) is 3.82. The van der Waals surface area contributed by atoms with Crippen LogP contribution in [0.4, 0.5) is 0 Å². The largest absolute Gasteiger partial charge is 0.386 e. The highest BCUT2D eigenvalue weighted by Crippen LogP contribution is 2.33. The Morgan fingerprint density at radius 1 is 1.21 bits per heavy atom. The number of benzene rings is 1. The minimum absolute atomic E-state index is 0.118. The van der Waals surface area contributed by atoms with E-state index in [0.717, 1.165) is 35.3 Å². The Hall–Kier alpha value is -2.14. The molecule has 1 fully saturated rings. The predicted octanol–water partition coefficient (Wildman–Crippen LogP) is 3.45. The van der Waals surface area contributed by atoms with Crippen molar-refractivity contribution in [2.45, 2.75) is 57.5 Å². The van der Waals surface area contributed by atoms with Crippen LogP contribution in [0, 0.1) is 0 Å². The molecule has 2 aromatic heterocycles. The molecule has 1 aliphatic carbocycles. The smallest absolute Gasteiger partial charge is 0.274 e. The lowest BCUT2D eigenvalue weighted by Crippen LogP contribution is -2.17. The third-order valence-corrected chi connectivity index (χ3v) is 5.19.